The Morgan fingerprint density at radius 2 is 2.05 bits per heavy atom. The molecule has 0 aliphatic rings. The lowest BCUT2D eigenvalue weighted by Crippen LogP contribution is -2.35. The van der Waals surface area contributed by atoms with E-state index in [1.54, 1.807) is 6.92 Å². The minimum Gasteiger partial charge on any atom is -0.322 e. The highest BCUT2D eigenvalue weighted by Crippen LogP contribution is 2.31. The van der Waals surface area contributed by atoms with E-state index < -0.39 is 35.2 Å². The Hall–Kier alpha value is -1.63. The Kier molecular flexibility index (Phi) is 4.88. The summed E-state index contributed by atoms with van der Waals surface area (Å²) in [6.45, 7) is 1.80. The van der Waals surface area contributed by atoms with Crippen LogP contribution in [-0.2, 0) is 11.0 Å². The average Bonchev–Trinajstić information content (AvgIpc) is 2.30. The molecule has 0 spiro atoms. The van der Waals surface area contributed by atoms with Crippen LogP contribution in [0, 0.1) is 5.82 Å². The Labute approximate surface area is 107 Å². The molecule has 0 aliphatic heterocycles. The molecule has 0 unspecified atom stereocenters. The average molecular weight is 278 g/mol. The van der Waals surface area contributed by atoms with Crippen LogP contribution < -0.4 is 11.1 Å². The molecular formula is C12H14F4N2O. The zero-order valence-corrected chi connectivity index (χ0v) is 10.2. The molecule has 0 aromatic heterocycles. The van der Waals surface area contributed by atoms with E-state index in [0.29, 0.717) is 31.0 Å². The summed E-state index contributed by atoms with van der Waals surface area (Å²) in [7, 11) is 0. The van der Waals surface area contributed by atoms with Crippen LogP contribution in [0.15, 0.2) is 18.2 Å². The highest BCUT2D eigenvalue weighted by molar-refractivity contribution is 5.94. The van der Waals surface area contributed by atoms with E-state index in [0.717, 1.165) is 0 Å². The van der Waals surface area contributed by atoms with Gasteiger partial charge in [0.1, 0.15) is 5.82 Å². The lowest BCUT2D eigenvalue weighted by atomic mass is 10.1. The van der Waals surface area contributed by atoms with E-state index in [9.17, 15) is 22.4 Å². The van der Waals surface area contributed by atoms with Gasteiger partial charge in [0.15, 0.2) is 0 Å². The van der Waals surface area contributed by atoms with Crippen LogP contribution in [-0.4, -0.2) is 11.9 Å². The van der Waals surface area contributed by atoms with Crippen LogP contribution in [0.2, 0.25) is 0 Å². The van der Waals surface area contributed by atoms with Crippen molar-refractivity contribution < 1.29 is 22.4 Å². The SMILES string of the molecule is CCC[C@@H](N)C(=O)Nc1cc(C(F)(F)F)ccc1F. The second-order valence-electron chi connectivity index (χ2n) is 4.08. The van der Waals surface area contributed by atoms with Crippen molar-refractivity contribution in [3.8, 4) is 0 Å². The van der Waals surface area contributed by atoms with Gasteiger partial charge in [0.05, 0.1) is 17.3 Å². The topological polar surface area (TPSA) is 55.1 Å². The third kappa shape index (κ3) is 4.20. The second kappa shape index (κ2) is 6.01. The number of rotatable bonds is 4. The fourth-order valence-corrected chi connectivity index (χ4v) is 1.46. The number of alkyl halides is 3. The number of nitrogens with one attached hydrogen (secondary N) is 1. The highest BCUT2D eigenvalue weighted by atomic mass is 19.4. The molecule has 1 amide bonds. The first kappa shape index (κ1) is 15.4. The third-order valence-corrected chi connectivity index (χ3v) is 2.49. The fraction of sp³-hybridized carbons (Fsp3) is 0.417. The third-order valence-electron chi connectivity index (χ3n) is 2.49. The predicted octanol–water partition coefficient (Wildman–Crippen LogP) is 2.91. The van der Waals surface area contributed by atoms with Crippen LogP contribution in [0.3, 0.4) is 0 Å². The van der Waals surface area contributed by atoms with Crippen molar-refractivity contribution in [2.45, 2.75) is 32.0 Å². The molecule has 0 fully saturated rings. The zero-order chi connectivity index (χ0) is 14.6. The Morgan fingerprint density at radius 3 is 2.58 bits per heavy atom. The quantitative estimate of drug-likeness (QED) is 0.832. The molecule has 0 saturated carbocycles. The predicted molar refractivity (Wildman–Crippen MR) is 62.9 cm³/mol. The highest BCUT2D eigenvalue weighted by Gasteiger charge is 2.31. The molecular weight excluding hydrogens is 264 g/mol. The Bertz CT molecular complexity index is 460. The maximum Gasteiger partial charge on any atom is 0.416 e. The molecule has 1 aromatic rings. The Morgan fingerprint density at radius 1 is 1.42 bits per heavy atom. The van der Waals surface area contributed by atoms with E-state index in [1.165, 1.54) is 0 Å². The summed E-state index contributed by atoms with van der Waals surface area (Å²) in [5.74, 6) is -1.65. The van der Waals surface area contributed by atoms with E-state index in [1.807, 2.05) is 0 Å². The summed E-state index contributed by atoms with van der Waals surface area (Å²) >= 11 is 0. The molecule has 1 aromatic carbocycles. The van der Waals surface area contributed by atoms with Crippen LogP contribution in [0.1, 0.15) is 25.3 Å². The summed E-state index contributed by atoms with van der Waals surface area (Å²) in [5.41, 5.74) is 3.94. The van der Waals surface area contributed by atoms with Crippen LogP contribution in [0.5, 0.6) is 0 Å². The maximum atomic E-state index is 13.3. The first-order valence-corrected chi connectivity index (χ1v) is 5.69. The van der Waals surface area contributed by atoms with Gasteiger partial charge in [0.2, 0.25) is 5.91 Å². The van der Waals surface area contributed by atoms with Crippen LogP contribution in [0.25, 0.3) is 0 Å². The number of benzene rings is 1. The standard InChI is InChI=1S/C12H14F4N2O/c1-2-3-9(17)11(19)18-10-6-7(12(14,15)16)4-5-8(10)13/h4-6,9H,2-3,17H2,1H3,(H,18,19)/t9-/m1/s1. The molecule has 3 nitrogen and oxygen atoms in total. The van der Waals surface area contributed by atoms with Gasteiger partial charge in [0.25, 0.3) is 0 Å². The number of anilines is 1. The number of nitrogens with two attached hydrogens (primary N) is 1. The lowest BCUT2D eigenvalue weighted by molar-refractivity contribution is -0.137. The summed E-state index contributed by atoms with van der Waals surface area (Å²) in [4.78, 5) is 11.5. The van der Waals surface area contributed by atoms with E-state index >= 15 is 0 Å². The fourth-order valence-electron chi connectivity index (χ4n) is 1.46. The molecule has 106 valence electrons. The molecule has 0 heterocycles. The summed E-state index contributed by atoms with van der Waals surface area (Å²) < 4.78 is 50.7. The summed E-state index contributed by atoms with van der Waals surface area (Å²) in [6.07, 6.45) is -3.59. The van der Waals surface area contributed by atoms with Crippen molar-refractivity contribution in [1.82, 2.24) is 0 Å². The first-order valence-electron chi connectivity index (χ1n) is 5.69. The molecule has 19 heavy (non-hydrogen) atoms. The number of carbonyl (C=O) groups excluding carboxylic acids is 1. The summed E-state index contributed by atoms with van der Waals surface area (Å²) in [5, 5.41) is 2.07. The number of hydrogen-bond acceptors (Lipinski definition) is 2. The molecule has 0 bridgehead atoms. The van der Waals surface area contributed by atoms with Gasteiger partial charge in [-0.1, -0.05) is 13.3 Å². The summed E-state index contributed by atoms with van der Waals surface area (Å²) in [6, 6.07) is 0.936. The van der Waals surface area contributed by atoms with Gasteiger partial charge >= 0.3 is 6.18 Å². The monoisotopic (exact) mass is 278 g/mol. The number of amides is 1. The zero-order valence-electron chi connectivity index (χ0n) is 10.2. The van der Waals surface area contributed by atoms with Crippen molar-refractivity contribution in [2.24, 2.45) is 5.73 Å². The van der Waals surface area contributed by atoms with Crippen molar-refractivity contribution in [3.05, 3.63) is 29.6 Å². The minimum atomic E-state index is -4.60. The number of hydrogen-bond donors (Lipinski definition) is 2. The van der Waals surface area contributed by atoms with Gasteiger partial charge in [-0.05, 0) is 24.6 Å². The van der Waals surface area contributed by atoms with Crippen molar-refractivity contribution >= 4 is 11.6 Å². The lowest BCUT2D eigenvalue weighted by Gasteiger charge is -2.13. The number of halogens is 4. The second-order valence-corrected chi connectivity index (χ2v) is 4.08. The molecule has 1 rings (SSSR count). The number of carbonyl (C=O) groups is 1. The van der Waals surface area contributed by atoms with Crippen LogP contribution in [0.4, 0.5) is 23.2 Å². The van der Waals surface area contributed by atoms with E-state index in [2.05, 4.69) is 5.32 Å². The van der Waals surface area contributed by atoms with Crippen LogP contribution >= 0.6 is 0 Å². The normalized spacial score (nSPS) is 13.2. The minimum absolute atomic E-state index is 0.367. The van der Waals surface area contributed by atoms with E-state index in [-0.39, 0.29) is 0 Å². The smallest absolute Gasteiger partial charge is 0.322 e. The van der Waals surface area contributed by atoms with Crippen molar-refractivity contribution in [2.75, 3.05) is 5.32 Å². The van der Waals surface area contributed by atoms with E-state index in [4.69, 9.17) is 5.73 Å². The molecule has 7 heteroatoms. The molecule has 3 N–H and O–H groups in total. The van der Waals surface area contributed by atoms with Gasteiger partial charge in [0, 0.05) is 0 Å². The molecule has 0 saturated heterocycles. The first-order chi connectivity index (χ1) is 8.75. The largest absolute Gasteiger partial charge is 0.416 e. The van der Waals surface area contributed by atoms with Gasteiger partial charge in [-0.15, -0.1) is 0 Å². The Balaban J connectivity index is 2.92. The van der Waals surface area contributed by atoms with Gasteiger partial charge < -0.3 is 11.1 Å². The molecule has 0 radical (unpaired) electrons. The van der Waals surface area contributed by atoms with Gasteiger partial charge in [-0.25, -0.2) is 4.39 Å². The molecule has 1 atom stereocenters. The maximum absolute atomic E-state index is 13.3. The van der Waals surface area contributed by atoms with Gasteiger partial charge in [-0.2, -0.15) is 13.2 Å². The molecule has 0 aliphatic carbocycles. The van der Waals surface area contributed by atoms with Gasteiger partial charge in [-0.3, -0.25) is 4.79 Å². The van der Waals surface area contributed by atoms with Crippen molar-refractivity contribution in [1.29, 1.82) is 0 Å². The van der Waals surface area contributed by atoms with Crippen molar-refractivity contribution in [3.63, 3.8) is 0 Å².